The summed E-state index contributed by atoms with van der Waals surface area (Å²) >= 11 is 6.32. The fourth-order valence-corrected chi connectivity index (χ4v) is 5.53. The molecule has 0 N–H and O–H groups in total. The van der Waals surface area contributed by atoms with Crippen LogP contribution in [0.25, 0.3) is 0 Å². The molecule has 4 aliphatic rings. The minimum atomic E-state index is -0.0886. The van der Waals surface area contributed by atoms with E-state index >= 15 is 0 Å². The zero-order chi connectivity index (χ0) is 13.7. The summed E-state index contributed by atoms with van der Waals surface area (Å²) in [4.78, 5) is 4.67. The van der Waals surface area contributed by atoms with Crippen LogP contribution >= 0.6 is 11.6 Å². The second-order valence-corrected chi connectivity index (χ2v) is 7.73. The van der Waals surface area contributed by atoms with Crippen molar-refractivity contribution in [2.75, 3.05) is 0 Å². The highest BCUT2D eigenvalue weighted by Crippen LogP contribution is 2.59. The van der Waals surface area contributed by atoms with Crippen molar-refractivity contribution in [2.24, 2.45) is 23.7 Å². The van der Waals surface area contributed by atoms with Crippen LogP contribution in [0.1, 0.15) is 74.9 Å². The molecule has 1 aromatic rings. The van der Waals surface area contributed by atoms with Gasteiger partial charge in [-0.25, -0.2) is 0 Å². The van der Waals surface area contributed by atoms with E-state index in [0.717, 1.165) is 42.4 Å². The molecule has 110 valence electrons. The van der Waals surface area contributed by atoms with Crippen LogP contribution in [-0.2, 0) is 0 Å². The van der Waals surface area contributed by atoms with Gasteiger partial charge in [-0.05, 0) is 62.2 Å². The molecule has 0 radical (unpaired) electrons. The SMILES string of the molecule is CCCC(Cl)c1noc(C2C3CC4CC(C3)CC2C4)n1. The van der Waals surface area contributed by atoms with Crippen molar-refractivity contribution < 1.29 is 4.52 Å². The third kappa shape index (κ3) is 2.09. The van der Waals surface area contributed by atoms with Crippen molar-refractivity contribution in [3.63, 3.8) is 0 Å². The van der Waals surface area contributed by atoms with Gasteiger partial charge in [0.1, 0.15) is 0 Å². The van der Waals surface area contributed by atoms with Crippen LogP contribution in [0.15, 0.2) is 4.52 Å². The highest BCUT2D eigenvalue weighted by Gasteiger charge is 2.50. The molecule has 4 aliphatic carbocycles. The lowest BCUT2D eigenvalue weighted by atomic mass is 9.52. The second kappa shape index (κ2) is 5.01. The fourth-order valence-electron chi connectivity index (χ4n) is 5.22. The van der Waals surface area contributed by atoms with Gasteiger partial charge < -0.3 is 4.52 Å². The van der Waals surface area contributed by atoms with Crippen LogP contribution < -0.4 is 0 Å². The van der Waals surface area contributed by atoms with Crippen molar-refractivity contribution >= 4 is 11.6 Å². The summed E-state index contributed by atoms with van der Waals surface area (Å²) in [7, 11) is 0. The Kier molecular flexibility index (Phi) is 3.29. The highest BCUT2D eigenvalue weighted by atomic mass is 35.5. The Morgan fingerprint density at radius 2 is 1.80 bits per heavy atom. The average Bonchev–Trinajstić information content (AvgIpc) is 2.87. The molecular weight excluding hydrogens is 272 g/mol. The van der Waals surface area contributed by atoms with E-state index in [1.807, 2.05) is 0 Å². The molecule has 0 amide bonds. The molecule has 4 bridgehead atoms. The molecule has 1 aromatic heterocycles. The molecule has 4 heteroatoms. The summed E-state index contributed by atoms with van der Waals surface area (Å²) in [5.41, 5.74) is 0. The summed E-state index contributed by atoms with van der Waals surface area (Å²) < 4.78 is 5.61. The third-order valence-electron chi connectivity index (χ3n) is 5.79. The molecule has 0 saturated heterocycles. The van der Waals surface area contributed by atoms with E-state index in [1.54, 1.807) is 0 Å². The van der Waals surface area contributed by atoms with Gasteiger partial charge in [0.25, 0.3) is 0 Å². The summed E-state index contributed by atoms with van der Waals surface area (Å²) in [6.07, 6.45) is 8.99. The van der Waals surface area contributed by atoms with Crippen LogP contribution in [0.2, 0.25) is 0 Å². The molecule has 1 unspecified atom stereocenters. The Hall–Kier alpha value is -0.570. The van der Waals surface area contributed by atoms with Gasteiger partial charge in [-0.2, -0.15) is 4.98 Å². The summed E-state index contributed by atoms with van der Waals surface area (Å²) in [5, 5.41) is 4.06. The van der Waals surface area contributed by atoms with Gasteiger partial charge >= 0.3 is 0 Å². The van der Waals surface area contributed by atoms with Gasteiger partial charge in [0.05, 0.1) is 5.38 Å². The third-order valence-corrected chi connectivity index (χ3v) is 6.21. The van der Waals surface area contributed by atoms with Crippen molar-refractivity contribution in [3.05, 3.63) is 11.7 Å². The van der Waals surface area contributed by atoms with Gasteiger partial charge in [0.2, 0.25) is 5.89 Å². The summed E-state index contributed by atoms with van der Waals surface area (Å²) in [6.45, 7) is 2.13. The minimum Gasteiger partial charge on any atom is -0.339 e. The van der Waals surface area contributed by atoms with Crippen molar-refractivity contribution in [1.82, 2.24) is 10.1 Å². The van der Waals surface area contributed by atoms with Gasteiger partial charge in [-0.3, -0.25) is 0 Å². The molecule has 4 saturated carbocycles. The number of halogens is 1. The standard InChI is InChI=1S/C16H23ClN2O/c1-2-3-13(17)15-18-16(20-19-15)14-11-5-9-4-10(7-11)8-12(14)6-9/h9-14H,2-8H2,1H3. The van der Waals surface area contributed by atoms with Gasteiger partial charge in [0, 0.05) is 5.92 Å². The topological polar surface area (TPSA) is 38.9 Å². The normalized spacial score (nSPS) is 40.2. The number of hydrogen-bond donors (Lipinski definition) is 0. The van der Waals surface area contributed by atoms with Crippen molar-refractivity contribution in [3.8, 4) is 0 Å². The first kappa shape index (κ1) is 13.1. The molecule has 4 fully saturated rings. The first-order valence-corrected chi connectivity index (χ1v) is 8.65. The van der Waals surface area contributed by atoms with E-state index in [0.29, 0.717) is 11.7 Å². The Labute approximate surface area is 125 Å². The predicted octanol–water partition coefficient (Wildman–Crippen LogP) is 4.69. The number of aromatic nitrogens is 2. The largest absolute Gasteiger partial charge is 0.339 e. The van der Waals surface area contributed by atoms with Crippen molar-refractivity contribution in [2.45, 2.75) is 63.2 Å². The van der Waals surface area contributed by atoms with Gasteiger partial charge in [0.15, 0.2) is 5.82 Å². The maximum Gasteiger partial charge on any atom is 0.230 e. The van der Waals surface area contributed by atoms with Crippen LogP contribution in [0.5, 0.6) is 0 Å². The quantitative estimate of drug-likeness (QED) is 0.756. The number of hydrogen-bond acceptors (Lipinski definition) is 3. The van der Waals surface area contributed by atoms with Crippen LogP contribution in [0.3, 0.4) is 0 Å². The Morgan fingerprint density at radius 1 is 1.15 bits per heavy atom. The number of alkyl halides is 1. The molecule has 0 aromatic carbocycles. The van der Waals surface area contributed by atoms with Crippen LogP contribution in [0, 0.1) is 23.7 Å². The maximum absolute atomic E-state index is 6.32. The molecular formula is C16H23ClN2O. The zero-order valence-electron chi connectivity index (χ0n) is 12.1. The highest BCUT2D eigenvalue weighted by molar-refractivity contribution is 6.20. The second-order valence-electron chi connectivity index (χ2n) is 7.20. The molecule has 0 spiro atoms. The Balaban J connectivity index is 1.56. The monoisotopic (exact) mass is 294 g/mol. The summed E-state index contributed by atoms with van der Waals surface area (Å²) in [5.74, 6) is 5.66. The maximum atomic E-state index is 6.32. The van der Waals surface area contributed by atoms with E-state index in [1.165, 1.54) is 32.1 Å². The van der Waals surface area contributed by atoms with Crippen LogP contribution in [-0.4, -0.2) is 10.1 Å². The first-order valence-electron chi connectivity index (χ1n) is 8.22. The molecule has 3 nitrogen and oxygen atoms in total. The van der Waals surface area contributed by atoms with E-state index in [2.05, 4.69) is 17.1 Å². The number of nitrogens with zero attached hydrogens (tertiary/aromatic N) is 2. The van der Waals surface area contributed by atoms with Crippen molar-refractivity contribution in [1.29, 1.82) is 0 Å². The molecule has 0 aliphatic heterocycles. The minimum absolute atomic E-state index is 0.0886. The predicted molar refractivity (Wildman–Crippen MR) is 77.6 cm³/mol. The molecule has 1 atom stereocenters. The lowest BCUT2D eigenvalue weighted by molar-refractivity contribution is -0.0131. The van der Waals surface area contributed by atoms with E-state index in [9.17, 15) is 0 Å². The molecule has 5 rings (SSSR count). The van der Waals surface area contributed by atoms with E-state index in [-0.39, 0.29) is 5.38 Å². The van der Waals surface area contributed by atoms with Gasteiger partial charge in [-0.15, -0.1) is 11.6 Å². The zero-order valence-corrected chi connectivity index (χ0v) is 12.9. The lowest BCUT2D eigenvalue weighted by Crippen LogP contribution is -2.43. The fraction of sp³-hybridized carbons (Fsp3) is 0.875. The average molecular weight is 295 g/mol. The van der Waals surface area contributed by atoms with E-state index < -0.39 is 0 Å². The smallest absolute Gasteiger partial charge is 0.230 e. The first-order chi connectivity index (χ1) is 9.74. The van der Waals surface area contributed by atoms with Gasteiger partial charge in [-0.1, -0.05) is 18.5 Å². The molecule has 1 heterocycles. The van der Waals surface area contributed by atoms with E-state index in [4.69, 9.17) is 16.1 Å². The number of rotatable bonds is 4. The Morgan fingerprint density at radius 3 is 2.40 bits per heavy atom. The molecule has 20 heavy (non-hydrogen) atoms. The van der Waals surface area contributed by atoms with Crippen LogP contribution in [0.4, 0.5) is 0 Å². The Bertz CT molecular complexity index is 459. The lowest BCUT2D eigenvalue weighted by Gasteiger charge is -2.53. The summed E-state index contributed by atoms with van der Waals surface area (Å²) in [6, 6.07) is 0.